The van der Waals surface area contributed by atoms with E-state index in [1.807, 2.05) is 23.8 Å². The second-order valence-corrected chi connectivity index (χ2v) is 7.06. The van der Waals surface area contributed by atoms with Crippen LogP contribution >= 0.6 is 59.1 Å². The zero-order chi connectivity index (χ0) is 12.4. The first kappa shape index (κ1) is 13.5. The van der Waals surface area contributed by atoms with Crippen LogP contribution in [0, 0.1) is 0 Å². The second kappa shape index (κ2) is 5.82. The Morgan fingerprint density at radius 3 is 2.41 bits per heavy atom. The Hall–Kier alpha value is 0.0900. The number of aromatic nitrogens is 1. The van der Waals surface area contributed by atoms with Gasteiger partial charge in [0.1, 0.15) is 0 Å². The van der Waals surface area contributed by atoms with E-state index in [9.17, 15) is 0 Å². The molecule has 0 saturated heterocycles. The molecule has 90 valence electrons. The molecule has 0 fully saturated rings. The van der Waals surface area contributed by atoms with E-state index >= 15 is 0 Å². The van der Waals surface area contributed by atoms with Crippen molar-refractivity contribution >= 4 is 64.8 Å². The molecule has 1 aromatic heterocycles. The summed E-state index contributed by atoms with van der Waals surface area (Å²) in [4.78, 5) is 5.31. The summed E-state index contributed by atoms with van der Waals surface area (Å²) in [5.41, 5.74) is 2.90. The highest BCUT2D eigenvalue weighted by atomic mass is 79.9. The normalized spacial score (nSPS) is 12.5. The van der Waals surface area contributed by atoms with Gasteiger partial charge in [0, 0.05) is 24.5 Å². The Labute approximate surface area is 129 Å². The maximum absolute atomic E-state index is 4.09. The molecule has 2 aromatic rings. The molecule has 1 atom stereocenters. The summed E-state index contributed by atoms with van der Waals surface area (Å²) in [5, 5.41) is 3.46. The van der Waals surface area contributed by atoms with Crippen molar-refractivity contribution < 1.29 is 0 Å². The van der Waals surface area contributed by atoms with Gasteiger partial charge in [-0.2, -0.15) is 0 Å². The van der Waals surface area contributed by atoms with Gasteiger partial charge in [-0.05, 0) is 50.9 Å². The molecular formula is C11H9Br3N2S. The first-order chi connectivity index (χ1) is 8.08. The van der Waals surface area contributed by atoms with Crippen molar-refractivity contribution in [3.63, 3.8) is 0 Å². The Morgan fingerprint density at radius 2 is 1.88 bits per heavy atom. The van der Waals surface area contributed by atoms with E-state index in [1.165, 1.54) is 4.88 Å². The molecule has 0 aliphatic rings. The lowest BCUT2D eigenvalue weighted by Crippen LogP contribution is -2.06. The summed E-state index contributed by atoms with van der Waals surface area (Å²) in [6.45, 7) is 2.12. The number of nitrogens with zero attached hydrogens (tertiary/aromatic N) is 1. The molecule has 0 radical (unpaired) electrons. The highest BCUT2D eigenvalue weighted by molar-refractivity contribution is 9.11. The summed E-state index contributed by atoms with van der Waals surface area (Å²) in [7, 11) is 0. The summed E-state index contributed by atoms with van der Waals surface area (Å²) in [6, 6.07) is 4.27. The molecule has 0 bridgehead atoms. The second-order valence-electron chi connectivity index (χ2n) is 3.51. The van der Waals surface area contributed by atoms with Crippen LogP contribution in [0.15, 0.2) is 37.3 Å². The number of benzene rings is 1. The molecule has 0 amide bonds. The SMILES string of the molecule is CC(Nc1c(Br)cc(Br)cc1Br)c1cncs1. The standard InChI is InChI=1S/C11H9Br3N2S/c1-6(10-4-15-5-17-10)16-11-8(13)2-7(12)3-9(11)14/h2-6,16H,1H3. The molecule has 2 nitrogen and oxygen atoms in total. The van der Waals surface area contributed by atoms with Crippen molar-refractivity contribution in [2.45, 2.75) is 13.0 Å². The van der Waals surface area contributed by atoms with E-state index in [-0.39, 0.29) is 6.04 Å². The minimum Gasteiger partial charge on any atom is -0.376 e. The Bertz CT molecular complexity index is 490. The fraction of sp³-hybridized carbons (Fsp3) is 0.182. The van der Waals surface area contributed by atoms with Crippen LogP contribution in [0.2, 0.25) is 0 Å². The van der Waals surface area contributed by atoms with Gasteiger partial charge in [0.2, 0.25) is 0 Å². The van der Waals surface area contributed by atoms with Crippen LogP contribution < -0.4 is 5.32 Å². The minimum absolute atomic E-state index is 0.233. The molecule has 17 heavy (non-hydrogen) atoms. The average molecular weight is 441 g/mol. The van der Waals surface area contributed by atoms with Gasteiger partial charge < -0.3 is 5.32 Å². The molecule has 0 aliphatic carbocycles. The maximum Gasteiger partial charge on any atom is 0.0795 e. The highest BCUT2D eigenvalue weighted by Gasteiger charge is 2.12. The molecule has 1 unspecified atom stereocenters. The molecule has 0 aliphatic heterocycles. The van der Waals surface area contributed by atoms with Crippen molar-refractivity contribution in [3.8, 4) is 0 Å². The van der Waals surface area contributed by atoms with Gasteiger partial charge in [-0.3, -0.25) is 4.98 Å². The van der Waals surface area contributed by atoms with Gasteiger partial charge in [0.25, 0.3) is 0 Å². The lowest BCUT2D eigenvalue weighted by Gasteiger charge is -2.16. The number of hydrogen-bond donors (Lipinski definition) is 1. The zero-order valence-electron chi connectivity index (χ0n) is 8.88. The molecule has 2 rings (SSSR count). The smallest absolute Gasteiger partial charge is 0.0795 e. The van der Waals surface area contributed by atoms with Gasteiger partial charge >= 0.3 is 0 Å². The van der Waals surface area contributed by atoms with Gasteiger partial charge in [0.15, 0.2) is 0 Å². The van der Waals surface area contributed by atoms with E-state index in [0.717, 1.165) is 19.1 Å². The van der Waals surface area contributed by atoms with Crippen molar-refractivity contribution in [2.75, 3.05) is 5.32 Å². The van der Waals surface area contributed by atoms with E-state index in [1.54, 1.807) is 11.3 Å². The van der Waals surface area contributed by atoms with Crippen LogP contribution in [0.5, 0.6) is 0 Å². The summed E-state index contributed by atoms with van der Waals surface area (Å²) in [6.07, 6.45) is 1.89. The van der Waals surface area contributed by atoms with E-state index in [0.29, 0.717) is 0 Å². The number of nitrogens with one attached hydrogen (secondary N) is 1. The van der Waals surface area contributed by atoms with Gasteiger partial charge in [-0.1, -0.05) is 15.9 Å². The quantitative estimate of drug-likeness (QED) is 0.671. The topological polar surface area (TPSA) is 24.9 Å². The predicted octanol–water partition coefficient (Wildman–Crippen LogP) is 5.60. The zero-order valence-corrected chi connectivity index (χ0v) is 14.5. The van der Waals surface area contributed by atoms with Crippen molar-refractivity contribution in [1.29, 1.82) is 0 Å². The van der Waals surface area contributed by atoms with Gasteiger partial charge in [-0.25, -0.2) is 0 Å². The summed E-state index contributed by atoms with van der Waals surface area (Å²) < 4.78 is 3.08. The van der Waals surface area contributed by atoms with Crippen LogP contribution in [0.25, 0.3) is 0 Å². The molecule has 1 heterocycles. The minimum atomic E-state index is 0.233. The molecule has 0 spiro atoms. The number of rotatable bonds is 3. The molecule has 0 saturated carbocycles. The number of hydrogen-bond acceptors (Lipinski definition) is 3. The summed E-state index contributed by atoms with van der Waals surface area (Å²) in [5.74, 6) is 0. The number of thiazole rings is 1. The Morgan fingerprint density at radius 1 is 1.24 bits per heavy atom. The third-order valence-electron chi connectivity index (χ3n) is 2.25. The maximum atomic E-state index is 4.09. The monoisotopic (exact) mass is 438 g/mol. The first-order valence-corrected chi connectivity index (χ1v) is 8.13. The first-order valence-electron chi connectivity index (χ1n) is 4.87. The van der Waals surface area contributed by atoms with Crippen molar-refractivity contribution in [3.05, 3.63) is 42.1 Å². The summed E-state index contributed by atoms with van der Waals surface area (Å²) >= 11 is 12.2. The predicted molar refractivity (Wildman–Crippen MR) is 83.7 cm³/mol. The Kier molecular flexibility index (Phi) is 4.63. The molecule has 1 aromatic carbocycles. The Balaban J connectivity index is 2.25. The van der Waals surface area contributed by atoms with E-state index in [2.05, 4.69) is 65.0 Å². The fourth-order valence-electron chi connectivity index (χ4n) is 1.41. The van der Waals surface area contributed by atoms with Gasteiger partial charge in [-0.15, -0.1) is 11.3 Å². The number of anilines is 1. The van der Waals surface area contributed by atoms with Gasteiger partial charge in [0.05, 0.1) is 17.2 Å². The van der Waals surface area contributed by atoms with Crippen LogP contribution in [-0.4, -0.2) is 4.98 Å². The highest BCUT2D eigenvalue weighted by Crippen LogP contribution is 2.36. The van der Waals surface area contributed by atoms with E-state index in [4.69, 9.17) is 0 Å². The molecular weight excluding hydrogens is 432 g/mol. The average Bonchev–Trinajstić information content (AvgIpc) is 2.76. The lowest BCUT2D eigenvalue weighted by molar-refractivity contribution is 0.901. The number of halogens is 3. The third kappa shape index (κ3) is 3.30. The fourth-order valence-corrected chi connectivity index (χ4v) is 4.52. The lowest BCUT2D eigenvalue weighted by atomic mass is 10.2. The third-order valence-corrected chi connectivity index (χ3v) is 4.91. The van der Waals surface area contributed by atoms with E-state index < -0.39 is 0 Å². The largest absolute Gasteiger partial charge is 0.376 e. The van der Waals surface area contributed by atoms with Crippen molar-refractivity contribution in [1.82, 2.24) is 4.98 Å². The van der Waals surface area contributed by atoms with Crippen LogP contribution in [0.4, 0.5) is 5.69 Å². The van der Waals surface area contributed by atoms with Crippen LogP contribution in [0.1, 0.15) is 17.8 Å². The molecule has 6 heteroatoms. The van der Waals surface area contributed by atoms with Crippen LogP contribution in [-0.2, 0) is 0 Å². The van der Waals surface area contributed by atoms with Crippen molar-refractivity contribution in [2.24, 2.45) is 0 Å². The van der Waals surface area contributed by atoms with Crippen LogP contribution in [0.3, 0.4) is 0 Å². The molecule has 1 N–H and O–H groups in total.